The number of tetrazole rings is 1. The van der Waals surface area contributed by atoms with Crippen LogP contribution in [0.3, 0.4) is 0 Å². The number of hydrogen-bond donors (Lipinski definition) is 1. The Hall–Kier alpha value is -3.30. The van der Waals surface area contributed by atoms with E-state index >= 15 is 0 Å². The fourth-order valence-corrected chi connectivity index (χ4v) is 4.08. The van der Waals surface area contributed by atoms with Crippen molar-refractivity contribution in [3.8, 4) is 5.69 Å². The van der Waals surface area contributed by atoms with Gasteiger partial charge in [0.25, 0.3) is 0 Å². The van der Waals surface area contributed by atoms with E-state index in [0.29, 0.717) is 29.9 Å². The maximum atomic E-state index is 14.3. The Kier molecular flexibility index (Phi) is 5.24. The number of amides is 1. The van der Waals surface area contributed by atoms with Gasteiger partial charge in [-0.05, 0) is 60.0 Å². The topological polar surface area (TPSA) is 72.7 Å². The molecule has 4 rings (SSSR count). The Balaban J connectivity index is 1.68. The number of aromatic nitrogens is 4. The zero-order valence-electron chi connectivity index (χ0n) is 16.6. The zero-order valence-corrected chi connectivity index (χ0v) is 16.6. The van der Waals surface area contributed by atoms with Crippen LogP contribution in [0.2, 0.25) is 0 Å². The lowest BCUT2D eigenvalue weighted by Gasteiger charge is -2.29. The highest BCUT2D eigenvalue weighted by atomic mass is 19.4. The van der Waals surface area contributed by atoms with Crippen LogP contribution < -0.4 is 5.32 Å². The van der Waals surface area contributed by atoms with E-state index < -0.39 is 28.9 Å². The number of hydrogen-bond acceptors (Lipinski definition) is 4. The highest BCUT2D eigenvalue weighted by Gasteiger charge is 2.44. The third-order valence-corrected chi connectivity index (χ3v) is 5.69. The fraction of sp³-hybridized carbons (Fsp3) is 0.333. The van der Waals surface area contributed by atoms with Crippen LogP contribution in [0.1, 0.15) is 42.6 Å². The summed E-state index contributed by atoms with van der Waals surface area (Å²) in [6.45, 7) is 1.60. The smallest absolute Gasteiger partial charge is 0.325 e. The minimum absolute atomic E-state index is 0.0554. The number of nitrogens with one attached hydrogen (secondary N) is 1. The molecular weight excluding hydrogens is 414 g/mol. The first-order valence-electron chi connectivity index (χ1n) is 9.75. The van der Waals surface area contributed by atoms with Crippen molar-refractivity contribution in [3.05, 3.63) is 65.2 Å². The molecule has 3 aromatic rings. The van der Waals surface area contributed by atoms with Crippen LogP contribution in [-0.4, -0.2) is 26.1 Å². The number of aryl methyl sites for hydroxylation is 1. The third kappa shape index (κ3) is 3.89. The number of nitrogens with zero attached hydrogens (tertiary/aromatic N) is 4. The van der Waals surface area contributed by atoms with Crippen molar-refractivity contribution in [1.82, 2.24) is 20.2 Å². The second-order valence-corrected chi connectivity index (χ2v) is 7.63. The van der Waals surface area contributed by atoms with Crippen LogP contribution in [0.4, 0.5) is 23.2 Å². The van der Waals surface area contributed by atoms with Gasteiger partial charge in [-0.3, -0.25) is 4.79 Å². The van der Waals surface area contributed by atoms with E-state index in [0.717, 1.165) is 25.0 Å². The molecule has 0 unspecified atom stereocenters. The lowest BCUT2D eigenvalue weighted by Crippen LogP contribution is -2.38. The second kappa shape index (κ2) is 7.75. The number of halogens is 4. The molecule has 2 aromatic carbocycles. The van der Waals surface area contributed by atoms with Crippen molar-refractivity contribution in [2.75, 3.05) is 5.32 Å². The van der Waals surface area contributed by atoms with Gasteiger partial charge in [0.1, 0.15) is 11.5 Å². The second-order valence-electron chi connectivity index (χ2n) is 7.63. The Labute approximate surface area is 175 Å². The maximum Gasteiger partial charge on any atom is 0.416 e. The van der Waals surface area contributed by atoms with Crippen molar-refractivity contribution in [1.29, 1.82) is 0 Å². The molecule has 1 heterocycles. The number of anilines is 1. The van der Waals surface area contributed by atoms with Crippen LogP contribution in [0.5, 0.6) is 0 Å². The Morgan fingerprint density at radius 3 is 2.52 bits per heavy atom. The van der Waals surface area contributed by atoms with E-state index in [2.05, 4.69) is 20.8 Å². The summed E-state index contributed by atoms with van der Waals surface area (Å²) in [5, 5.41) is 13.7. The third-order valence-electron chi connectivity index (χ3n) is 5.69. The zero-order chi connectivity index (χ0) is 22.2. The molecule has 1 N–H and O–H groups in total. The monoisotopic (exact) mass is 433 g/mol. The quantitative estimate of drug-likeness (QED) is 0.612. The molecule has 1 fully saturated rings. The number of carbonyl (C=O) groups excluding carboxylic acids is 1. The van der Waals surface area contributed by atoms with Crippen LogP contribution in [-0.2, 0) is 16.4 Å². The van der Waals surface area contributed by atoms with E-state index in [1.54, 1.807) is 13.0 Å². The SMILES string of the molecule is Cc1nnnn1-c1cc(NC(=O)C2(c3cccc(C(F)(F)F)c3)CCCC2)ccc1F. The summed E-state index contributed by atoms with van der Waals surface area (Å²) in [5.41, 5.74) is -1.19. The lowest BCUT2D eigenvalue weighted by molar-refractivity contribution is -0.137. The van der Waals surface area contributed by atoms with Gasteiger partial charge in [-0.15, -0.1) is 5.10 Å². The number of carbonyl (C=O) groups is 1. The first kappa shape index (κ1) is 21.0. The number of alkyl halides is 3. The standard InChI is InChI=1S/C21H19F4N5O/c1-13-27-28-29-30(13)18-12-16(7-8-17(18)22)26-19(31)20(9-2-3-10-20)14-5-4-6-15(11-14)21(23,24)25/h4-8,11-12H,2-3,9-10H2,1H3,(H,26,31). The molecule has 1 saturated carbocycles. The normalized spacial score (nSPS) is 15.8. The van der Waals surface area contributed by atoms with Gasteiger partial charge in [-0.2, -0.15) is 17.9 Å². The highest BCUT2D eigenvalue weighted by Crippen LogP contribution is 2.43. The van der Waals surface area contributed by atoms with Crippen LogP contribution in [0.15, 0.2) is 42.5 Å². The van der Waals surface area contributed by atoms with E-state index in [1.807, 2.05) is 0 Å². The largest absolute Gasteiger partial charge is 0.416 e. The molecule has 1 aliphatic rings. The van der Waals surface area contributed by atoms with Gasteiger partial charge >= 0.3 is 6.18 Å². The van der Waals surface area contributed by atoms with Gasteiger partial charge in [0.05, 0.1) is 11.0 Å². The average molecular weight is 433 g/mol. The van der Waals surface area contributed by atoms with E-state index in [4.69, 9.17) is 0 Å². The van der Waals surface area contributed by atoms with Crippen molar-refractivity contribution in [2.24, 2.45) is 0 Å². The highest BCUT2D eigenvalue weighted by molar-refractivity contribution is 5.99. The molecule has 1 aromatic heterocycles. The Morgan fingerprint density at radius 2 is 1.87 bits per heavy atom. The summed E-state index contributed by atoms with van der Waals surface area (Å²) in [4.78, 5) is 13.3. The van der Waals surface area contributed by atoms with Crippen LogP contribution in [0, 0.1) is 12.7 Å². The summed E-state index contributed by atoms with van der Waals surface area (Å²) in [7, 11) is 0. The summed E-state index contributed by atoms with van der Waals surface area (Å²) in [6.07, 6.45) is -2.19. The molecule has 0 atom stereocenters. The minimum Gasteiger partial charge on any atom is -0.325 e. The lowest BCUT2D eigenvalue weighted by atomic mass is 9.77. The van der Waals surface area contributed by atoms with E-state index in [-0.39, 0.29) is 5.69 Å². The fourth-order valence-electron chi connectivity index (χ4n) is 4.08. The predicted octanol–water partition coefficient (Wildman–Crippen LogP) is 4.58. The minimum atomic E-state index is -4.50. The van der Waals surface area contributed by atoms with E-state index in [9.17, 15) is 22.4 Å². The molecule has 1 aliphatic carbocycles. The predicted molar refractivity (Wildman–Crippen MR) is 104 cm³/mol. The summed E-state index contributed by atoms with van der Waals surface area (Å²) >= 11 is 0. The molecule has 0 spiro atoms. The van der Waals surface area contributed by atoms with Gasteiger partial charge in [-0.1, -0.05) is 31.0 Å². The van der Waals surface area contributed by atoms with Gasteiger partial charge < -0.3 is 5.32 Å². The van der Waals surface area contributed by atoms with Gasteiger partial charge in [0, 0.05) is 5.69 Å². The molecule has 1 amide bonds. The van der Waals surface area contributed by atoms with Crippen LogP contribution in [0.25, 0.3) is 5.69 Å². The van der Waals surface area contributed by atoms with Crippen LogP contribution >= 0.6 is 0 Å². The van der Waals surface area contributed by atoms with Crippen molar-refractivity contribution in [2.45, 2.75) is 44.2 Å². The number of rotatable bonds is 4. The Morgan fingerprint density at radius 1 is 1.13 bits per heavy atom. The van der Waals surface area contributed by atoms with Crippen molar-refractivity contribution >= 4 is 11.6 Å². The van der Waals surface area contributed by atoms with Gasteiger partial charge in [-0.25, -0.2) is 4.39 Å². The maximum absolute atomic E-state index is 14.3. The molecule has 162 valence electrons. The van der Waals surface area contributed by atoms with Crippen molar-refractivity contribution in [3.63, 3.8) is 0 Å². The van der Waals surface area contributed by atoms with Crippen molar-refractivity contribution < 1.29 is 22.4 Å². The molecule has 0 saturated heterocycles. The van der Waals surface area contributed by atoms with Gasteiger partial charge in [0.15, 0.2) is 5.82 Å². The average Bonchev–Trinajstić information content (AvgIpc) is 3.39. The number of benzene rings is 2. The van der Waals surface area contributed by atoms with E-state index in [1.165, 1.54) is 28.9 Å². The summed E-state index contributed by atoms with van der Waals surface area (Å²) in [5.74, 6) is -0.643. The molecule has 31 heavy (non-hydrogen) atoms. The molecular formula is C21H19F4N5O. The molecule has 6 nitrogen and oxygen atoms in total. The first-order valence-corrected chi connectivity index (χ1v) is 9.75. The Bertz CT molecular complexity index is 1120. The molecule has 0 radical (unpaired) electrons. The van der Waals surface area contributed by atoms with Gasteiger partial charge in [0.2, 0.25) is 5.91 Å². The molecule has 0 aliphatic heterocycles. The summed E-state index contributed by atoms with van der Waals surface area (Å²) < 4.78 is 55.2. The first-order chi connectivity index (χ1) is 14.7. The molecule has 10 heteroatoms. The molecule has 0 bridgehead atoms. The summed E-state index contributed by atoms with van der Waals surface area (Å²) in [6, 6.07) is 8.88.